The van der Waals surface area contributed by atoms with E-state index in [-0.39, 0.29) is 39.2 Å². The third kappa shape index (κ3) is 3.41. The highest BCUT2D eigenvalue weighted by atomic mass is 35.5. The van der Waals surface area contributed by atoms with E-state index in [2.05, 4.69) is 0 Å². The van der Waals surface area contributed by atoms with Gasteiger partial charge in [0.25, 0.3) is 5.91 Å². The van der Waals surface area contributed by atoms with Crippen molar-refractivity contribution >= 4 is 34.3 Å². The van der Waals surface area contributed by atoms with Crippen molar-refractivity contribution in [3.05, 3.63) is 63.6 Å². The van der Waals surface area contributed by atoms with E-state index in [9.17, 15) is 27.9 Å². The number of halogens is 4. The Labute approximate surface area is 174 Å². The predicted octanol–water partition coefficient (Wildman–Crippen LogP) is 4.78. The highest BCUT2D eigenvalue weighted by molar-refractivity contribution is 6.30. The number of nitrogens with zero attached hydrogens (tertiary/aromatic N) is 1. The molecule has 0 saturated carbocycles. The molecule has 2 aromatic carbocycles. The maximum atomic E-state index is 14.9. The van der Waals surface area contributed by atoms with Crippen LogP contribution in [0.5, 0.6) is 5.75 Å². The number of carbonyl (C=O) groups excluding carboxylic acids is 2. The van der Waals surface area contributed by atoms with Gasteiger partial charge in [-0.25, -0.2) is 13.2 Å². The Kier molecular flexibility index (Phi) is 5.81. The van der Waals surface area contributed by atoms with Crippen LogP contribution in [0.1, 0.15) is 47.3 Å². The van der Waals surface area contributed by atoms with Crippen LogP contribution in [0.15, 0.2) is 24.3 Å². The minimum Gasteiger partial charge on any atom is -0.503 e. The number of benzene rings is 2. The zero-order valence-electron chi connectivity index (χ0n) is 16.1. The first-order valence-corrected chi connectivity index (χ1v) is 9.48. The summed E-state index contributed by atoms with van der Waals surface area (Å²) in [4.78, 5) is 25.2. The number of primary amides is 1. The Hall–Kier alpha value is -3.00. The molecule has 5 nitrogen and oxygen atoms in total. The van der Waals surface area contributed by atoms with E-state index in [0.29, 0.717) is 6.42 Å². The Morgan fingerprint density at radius 3 is 2.43 bits per heavy atom. The molecule has 0 saturated heterocycles. The van der Waals surface area contributed by atoms with E-state index in [0.717, 1.165) is 16.7 Å². The number of fused-ring (bicyclic) bond motifs is 1. The van der Waals surface area contributed by atoms with E-state index >= 15 is 0 Å². The highest BCUT2D eigenvalue weighted by Crippen LogP contribution is 2.40. The molecule has 0 radical (unpaired) electrons. The molecule has 0 fully saturated rings. The van der Waals surface area contributed by atoms with Crippen LogP contribution < -0.4 is 5.73 Å². The number of hydrogen-bond donors (Lipinski definition) is 2. The van der Waals surface area contributed by atoms with Crippen LogP contribution in [0.4, 0.5) is 13.2 Å². The second-order valence-electron chi connectivity index (χ2n) is 6.93. The zero-order chi connectivity index (χ0) is 22.3. The van der Waals surface area contributed by atoms with Gasteiger partial charge in [-0.05, 0) is 37.1 Å². The molecule has 3 rings (SSSR count). The van der Waals surface area contributed by atoms with Crippen molar-refractivity contribution in [2.45, 2.75) is 32.6 Å². The van der Waals surface area contributed by atoms with Crippen LogP contribution in [0.2, 0.25) is 5.02 Å². The van der Waals surface area contributed by atoms with Crippen molar-refractivity contribution in [1.82, 2.24) is 4.57 Å². The molecule has 9 heteroatoms. The molecule has 158 valence electrons. The van der Waals surface area contributed by atoms with Crippen LogP contribution in [0.3, 0.4) is 0 Å². The Bertz CT molecular complexity index is 1190. The van der Waals surface area contributed by atoms with Gasteiger partial charge in [0.15, 0.2) is 17.4 Å². The van der Waals surface area contributed by atoms with Gasteiger partial charge in [-0.2, -0.15) is 0 Å². The fraction of sp³-hybridized carbons (Fsp3) is 0.238. The van der Waals surface area contributed by atoms with Gasteiger partial charge in [0.1, 0.15) is 5.82 Å². The normalized spacial score (nSPS) is 12.3. The van der Waals surface area contributed by atoms with Crippen molar-refractivity contribution in [2.75, 3.05) is 0 Å². The average Bonchev–Trinajstić information content (AvgIpc) is 2.97. The molecule has 3 N–H and O–H groups in total. The maximum Gasteiger partial charge on any atom is 0.262 e. The van der Waals surface area contributed by atoms with Gasteiger partial charge >= 0.3 is 0 Å². The smallest absolute Gasteiger partial charge is 0.262 e. The van der Waals surface area contributed by atoms with Crippen molar-refractivity contribution in [3.63, 3.8) is 0 Å². The number of phenolic OH excluding ortho intramolecular Hbond substituents is 1. The van der Waals surface area contributed by atoms with Crippen molar-refractivity contribution in [2.24, 2.45) is 5.73 Å². The molecule has 1 aromatic heterocycles. The van der Waals surface area contributed by atoms with E-state index in [1.807, 2.05) is 0 Å². The van der Waals surface area contributed by atoms with Gasteiger partial charge in [-0.15, -0.1) is 0 Å². The molecule has 0 aliphatic carbocycles. The molecular formula is C21H18ClF3N2O3. The van der Waals surface area contributed by atoms with Crippen LogP contribution in [0, 0.1) is 24.4 Å². The van der Waals surface area contributed by atoms with Gasteiger partial charge in [0.05, 0.1) is 16.5 Å². The lowest BCUT2D eigenvalue weighted by molar-refractivity contribution is -0.119. The topological polar surface area (TPSA) is 85.3 Å². The van der Waals surface area contributed by atoms with Crippen LogP contribution >= 0.6 is 11.6 Å². The molecule has 0 spiro atoms. The molecular weight excluding hydrogens is 421 g/mol. The second-order valence-corrected chi connectivity index (χ2v) is 7.33. The monoisotopic (exact) mass is 438 g/mol. The summed E-state index contributed by atoms with van der Waals surface area (Å²) in [6.45, 7) is 3.24. The van der Waals surface area contributed by atoms with E-state index in [1.54, 1.807) is 6.92 Å². The summed E-state index contributed by atoms with van der Waals surface area (Å²) in [7, 11) is 0. The van der Waals surface area contributed by atoms with Crippen LogP contribution in [-0.4, -0.2) is 21.5 Å². The average molecular weight is 439 g/mol. The van der Waals surface area contributed by atoms with E-state index in [4.69, 9.17) is 17.3 Å². The Balaban J connectivity index is 2.40. The zero-order valence-corrected chi connectivity index (χ0v) is 16.9. The maximum absolute atomic E-state index is 14.9. The number of carbonyl (C=O) groups is 2. The summed E-state index contributed by atoms with van der Waals surface area (Å²) in [5.41, 5.74) is 5.39. The summed E-state index contributed by atoms with van der Waals surface area (Å²) >= 11 is 5.66. The number of amides is 1. The summed E-state index contributed by atoms with van der Waals surface area (Å²) in [6.07, 6.45) is 0.765. The van der Waals surface area contributed by atoms with E-state index in [1.165, 1.54) is 19.1 Å². The molecule has 30 heavy (non-hydrogen) atoms. The lowest BCUT2D eigenvalue weighted by Gasteiger charge is -2.14. The molecule has 1 amide bonds. The first-order valence-electron chi connectivity index (χ1n) is 9.11. The van der Waals surface area contributed by atoms with Crippen molar-refractivity contribution in [1.29, 1.82) is 0 Å². The summed E-state index contributed by atoms with van der Waals surface area (Å²) in [5, 5.41) is 9.30. The third-order valence-electron chi connectivity index (χ3n) is 5.05. The second kappa shape index (κ2) is 8.02. The van der Waals surface area contributed by atoms with Crippen LogP contribution in [0.25, 0.3) is 10.9 Å². The van der Waals surface area contributed by atoms with Gasteiger partial charge in [-0.1, -0.05) is 24.9 Å². The molecule has 1 atom stereocenters. The first kappa shape index (κ1) is 21.7. The fourth-order valence-corrected chi connectivity index (χ4v) is 3.79. The van der Waals surface area contributed by atoms with Gasteiger partial charge in [0.2, 0.25) is 5.91 Å². The molecule has 3 aromatic rings. The van der Waals surface area contributed by atoms with Gasteiger partial charge in [-0.3, -0.25) is 14.2 Å². The number of nitrogens with two attached hydrogens (primary N) is 1. The Morgan fingerprint density at radius 2 is 1.87 bits per heavy atom. The van der Waals surface area contributed by atoms with E-state index < -0.39 is 40.9 Å². The highest BCUT2D eigenvalue weighted by Gasteiger charge is 2.31. The number of rotatable bonds is 5. The molecule has 0 aliphatic rings. The predicted molar refractivity (Wildman–Crippen MR) is 106 cm³/mol. The molecule has 0 bridgehead atoms. The summed E-state index contributed by atoms with van der Waals surface area (Å²) < 4.78 is 43.9. The quantitative estimate of drug-likeness (QED) is 0.601. The minimum atomic E-state index is -1.31. The summed E-state index contributed by atoms with van der Waals surface area (Å²) in [5.74, 6) is -7.19. The van der Waals surface area contributed by atoms with Crippen LogP contribution in [-0.2, 0) is 4.79 Å². The number of aromatic hydroxyl groups is 1. The van der Waals surface area contributed by atoms with Gasteiger partial charge < -0.3 is 10.8 Å². The molecule has 1 heterocycles. The lowest BCUT2D eigenvalue weighted by Crippen LogP contribution is -2.22. The Morgan fingerprint density at radius 1 is 1.20 bits per heavy atom. The SMILES string of the molecule is CCCC(C(N)=O)c1c(C)n(C(=O)c2ccc(Cl)c(F)c2)c2cc(F)c(O)c(F)c12. The number of phenols is 1. The molecule has 1 unspecified atom stereocenters. The molecule has 0 aliphatic heterocycles. The fourth-order valence-electron chi connectivity index (χ4n) is 3.67. The van der Waals surface area contributed by atoms with Crippen molar-refractivity contribution in [3.8, 4) is 5.75 Å². The number of aromatic nitrogens is 1. The van der Waals surface area contributed by atoms with Gasteiger partial charge in [0, 0.05) is 22.7 Å². The van der Waals surface area contributed by atoms with Crippen molar-refractivity contribution < 1.29 is 27.9 Å². The first-order chi connectivity index (χ1) is 14.1. The lowest BCUT2D eigenvalue weighted by atomic mass is 9.91. The third-order valence-corrected chi connectivity index (χ3v) is 5.35. The summed E-state index contributed by atoms with van der Waals surface area (Å²) in [6, 6.07) is 4.14. The largest absolute Gasteiger partial charge is 0.503 e. The number of hydrogen-bond acceptors (Lipinski definition) is 3. The minimum absolute atomic E-state index is 0.0786. The standard InChI is InChI=1S/C21H18ClF3N2O3/c1-3-4-11(20(26)29)16-9(2)27(15-8-14(24)19(28)18(25)17(15)16)21(30)10-5-6-12(22)13(23)7-10/h5-8,11,28H,3-4H2,1-2H3,(H2,26,29).